The molecule has 0 saturated carbocycles. The molecule has 132 valence electrons. The standard InChI is InChI=1S/C16H13ClF3N3OS/c17-13-6-5-11(7-12(13)16(18,19)20)23-15(25)22-8-9-1-3-10(4-2-9)14(21)24/h1-7H,8H2,(H2,21,24)(H2,22,23,25). The van der Waals surface area contributed by atoms with Crippen LogP contribution in [0, 0.1) is 0 Å². The summed E-state index contributed by atoms with van der Waals surface area (Å²) in [5.41, 5.74) is 5.58. The van der Waals surface area contributed by atoms with Crippen LogP contribution in [0.1, 0.15) is 21.5 Å². The summed E-state index contributed by atoms with van der Waals surface area (Å²) in [6, 6.07) is 9.97. The zero-order chi connectivity index (χ0) is 18.6. The average Bonchev–Trinajstić information content (AvgIpc) is 2.54. The maximum absolute atomic E-state index is 12.8. The lowest BCUT2D eigenvalue weighted by Crippen LogP contribution is -2.28. The molecular formula is C16H13ClF3N3OS. The second-order valence-electron chi connectivity index (χ2n) is 5.06. The molecule has 0 saturated heterocycles. The number of amides is 1. The monoisotopic (exact) mass is 387 g/mol. The van der Waals surface area contributed by atoms with E-state index in [-0.39, 0.29) is 15.8 Å². The van der Waals surface area contributed by atoms with E-state index in [0.29, 0.717) is 12.1 Å². The first-order chi connectivity index (χ1) is 11.7. The number of rotatable bonds is 4. The molecule has 25 heavy (non-hydrogen) atoms. The van der Waals surface area contributed by atoms with Crippen LogP contribution >= 0.6 is 23.8 Å². The van der Waals surface area contributed by atoms with E-state index >= 15 is 0 Å². The van der Waals surface area contributed by atoms with Crippen molar-refractivity contribution in [2.45, 2.75) is 12.7 Å². The second kappa shape index (κ2) is 7.71. The van der Waals surface area contributed by atoms with E-state index in [1.807, 2.05) is 0 Å². The first kappa shape index (κ1) is 19.0. The van der Waals surface area contributed by atoms with E-state index in [1.54, 1.807) is 24.3 Å². The van der Waals surface area contributed by atoms with Gasteiger partial charge in [0.15, 0.2) is 5.11 Å². The van der Waals surface area contributed by atoms with E-state index in [2.05, 4.69) is 10.6 Å². The highest BCUT2D eigenvalue weighted by Crippen LogP contribution is 2.36. The number of halogens is 4. The topological polar surface area (TPSA) is 67.2 Å². The summed E-state index contributed by atoms with van der Waals surface area (Å²) < 4.78 is 38.5. The summed E-state index contributed by atoms with van der Waals surface area (Å²) >= 11 is 10.6. The maximum atomic E-state index is 12.8. The molecule has 2 aromatic rings. The number of nitrogens with two attached hydrogens (primary N) is 1. The molecule has 1 amide bonds. The Morgan fingerprint density at radius 2 is 1.80 bits per heavy atom. The van der Waals surface area contributed by atoms with Crippen LogP contribution in [0.3, 0.4) is 0 Å². The minimum atomic E-state index is -4.55. The highest BCUT2D eigenvalue weighted by atomic mass is 35.5. The fraction of sp³-hybridized carbons (Fsp3) is 0.125. The number of anilines is 1. The molecule has 0 atom stereocenters. The molecule has 2 rings (SSSR count). The van der Waals surface area contributed by atoms with Gasteiger partial charge in [-0.05, 0) is 48.1 Å². The van der Waals surface area contributed by atoms with Crippen LogP contribution < -0.4 is 16.4 Å². The predicted octanol–water partition coefficient (Wildman–Crippen LogP) is 3.94. The Bertz CT molecular complexity index is 794. The SMILES string of the molecule is NC(=O)c1ccc(CNC(=S)Nc2ccc(Cl)c(C(F)(F)F)c2)cc1. The van der Waals surface area contributed by atoms with Gasteiger partial charge >= 0.3 is 6.18 Å². The van der Waals surface area contributed by atoms with Gasteiger partial charge in [0.2, 0.25) is 5.91 Å². The van der Waals surface area contributed by atoms with Crippen LogP contribution in [0.15, 0.2) is 42.5 Å². The first-order valence-electron chi connectivity index (χ1n) is 6.97. The molecule has 9 heteroatoms. The van der Waals surface area contributed by atoms with Gasteiger partial charge in [0.05, 0.1) is 10.6 Å². The van der Waals surface area contributed by atoms with Crippen molar-refractivity contribution in [1.82, 2.24) is 5.32 Å². The van der Waals surface area contributed by atoms with Gasteiger partial charge in [-0.25, -0.2) is 0 Å². The molecule has 0 unspecified atom stereocenters. The summed E-state index contributed by atoms with van der Waals surface area (Å²) in [6.45, 7) is 0.324. The molecule has 0 fully saturated rings. The molecular weight excluding hydrogens is 375 g/mol. The van der Waals surface area contributed by atoms with E-state index in [1.165, 1.54) is 6.07 Å². The molecule has 0 aliphatic heterocycles. The van der Waals surface area contributed by atoms with Crippen molar-refractivity contribution in [1.29, 1.82) is 0 Å². The summed E-state index contributed by atoms with van der Waals surface area (Å²) in [4.78, 5) is 11.0. The quantitative estimate of drug-likeness (QED) is 0.695. The molecule has 0 aliphatic rings. The lowest BCUT2D eigenvalue weighted by molar-refractivity contribution is -0.137. The number of hydrogen-bond acceptors (Lipinski definition) is 2. The molecule has 0 aromatic heterocycles. The number of thiocarbonyl (C=S) groups is 1. The lowest BCUT2D eigenvalue weighted by atomic mass is 10.1. The third-order valence-electron chi connectivity index (χ3n) is 3.22. The normalized spacial score (nSPS) is 11.0. The largest absolute Gasteiger partial charge is 0.417 e. The fourth-order valence-corrected chi connectivity index (χ4v) is 2.38. The molecule has 0 bridgehead atoms. The maximum Gasteiger partial charge on any atom is 0.417 e. The third-order valence-corrected chi connectivity index (χ3v) is 3.80. The molecule has 0 heterocycles. The van der Waals surface area contributed by atoms with Crippen molar-refractivity contribution in [3.8, 4) is 0 Å². The number of alkyl halides is 3. The van der Waals surface area contributed by atoms with Gasteiger partial charge in [0.25, 0.3) is 0 Å². The number of primary amides is 1. The Morgan fingerprint density at radius 3 is 2.36 bits per heavy atom. The molecule has 0 radical (unpaired) electrons. The van der Waals surface area contributed by atoms with Crippen molar-refractivity contribution in [3.63, 3.8) is 0 Å². The van der Waals surface area contributed by atoms with Crippen LogP contribution in [-0.4, -0.2) is 11.0 Å². The van der Waals surface area contributed by atoms with E-state index in [9.17, 15) is 18.0 Å². The molecule has 0 spiro atoms. The summed E-state index contributed by atoms with van der Waals surface area (Å²) in [7, 11) is 0. The lowest BCUT2D eigenvalue weighted by Gasteiger charge is -2.14. The fourth-order valence-electron chi connectivity index (χ4n) is 1.96. The Balaban J connectivity index is 1.97. The van der Waals surface area contributed by atoms with E-state index in [4.69, 9.17) is 29.6 Å². The van der Waals surface area contributed by atoms with Crippen molar-refractivity contribution in [2.75, 3.05) is 5.32 Å². The van der Waals surface area contributed by atoms with Crippen molar-refractivity contribution in [2.24, 2.45) is 5.73 Å². The van der Waals surface area contributed by atoms with Gasteiger partial charge < -0.3 is 16.4 Å². The van der Waals surface area contributed by atoms with Crippen molar-refractivity contribution < 1.29 is 18.0 Å². The smallest absolute Gasteiger partial charge is 0.366 e. The average molecular weight is 388 g/mol. The van der Waals surface area contributed by atoms with Gasteiger partial charge in [-0.3, -0.25) is 4.79 Å². The highest BCUT2D eigenvalue weighted by Gasteiger charge is 2.33. The zero-order valence-corrected chi connectivity index (χ0v) is 14.2. The first-order valence-corrected chi connectivity index (χ1v) is 7.76. The molecule has 0 aliphatic carbocycles. The number of carbonyl (C=O) groups excluding carboxylic acids is 1. The van der Waals surface area contributed by atoms with E-state index < -0.39 is 17.6 Å². The van der Waals surface area contributed by atoms with Gasteiger partial charge in [0, 0.05) is 17.8 Å². The zero-order valence-electron chi connectivity index (χ0n) is 12.7. The van der Waals surface area contributed by atoms with Gasteiger partial charge in [0.1, 0.15) is 0 Å². The Hall–Kier alpha value is -2.32. The Kier molecular flexibility index (Phi) is 5.86. The Morgan fingerprint density at radius 1 is 1.16 bits per heavy atom. The van der Waals surface area contributed by atoms with Crippen molar-refractivity contribution in [3.05, 3.63) is 64.2 Å². The Labute approximate surface area is 152 Å². The van der Waals surface area contributed by atoms with Gasteiger partial charge in [-0.1, -0.05) is 23.7 Å². The number of carbonyl (C=O) groups is 1. The van der Waals surface area contributed by atoms with E-state index in [0.717, 1.165) is 17.7 Å². The number of benzene rings is 2. The minimum Gasteiger partial charge on any atom is -0.366 e. The molecule has 4 nitrogen and oxygen atoms in total. The molecule has 2 aromatic carbocycles. The summed E-state index contributed by atoms with van der Waals surface area (Å²) in [6.07, 6.45) is -4.55. The minimum absolute atomic E-state index is 0.148. The second-order valence-corrected chi connectivity index (χ2v) is 5.88. The summed E-state index contributed by atoms with van der Waals surface area (Å²) in [5, 5.41) is 5.29. The van der Waals surface area contributed by atoms with Crippen LogP contribution in [0.2, 0.25) is 5.02 Å². The van der Waals surface area contributed by atoms with Crippen molar-refractivity contribution >= 4 is 40.5 Å². The summed E-state index contributed by atoms with van der Waals surface area (Å²) in [5.74, 6) is -0.528. The number of hydrogen-bond donors (Lipinski definition) is 3. The predicted molar refractivity (Wildman–Crippen MR) is 94.5 cm³/mol. The highest BCUT2D eigenvalue weighted by molar-refractivity contribution is 7.80. The van der Waals surface area contributed by atoms with Gasteiger partial charge in [-0.2, -0.15) is 13.2 Å². The van der Waals surface area contributed by atoms with Crippen LogP contribution in [0.5, 0.6) is 0 Å². The number of nitrogens with one attached hydrogen (secondary N) is 2. The van der Waals surface area contributed by atoms with Crippen LogP contribution in [0.4, 0.5) is 18.9 Å². The van der Waals surface area contributed by atoms with Crippen LogP contribution in [-0.2, 0) is 12.7 Å². The van der Waals surface area contributed by atoms with Gasteiger partial charge in [-0.15, -0.1) is 0 Å². The third kappa shape index (κ3) is 5.33. The molecule has 4 N–H and O–H groups in total. The van der Waals surface area contributed by atoms with Crippen LogP contribution in [0.25, 0.3) is 0 Å².